The highest BCUT2D eigenvalue weighted by Gasteiger charge is 2.09. The van der Waals surface area contributed by atoms with E-state index in [1.807, 2.05) is 36.4 Å². The van der Waals surface area contributed by atoms with E-state index in [-0.39, 0.29) is 5.91 Å². The van der Waals surface area contributed by atoms with Gasteiger partial charge in [0.15, 0.2) is 5.82 Å². The zero-order valence-electron chi connectivity index (χ0n) is 17.7. The molecule has 2 aromatic heterocycles. The number of benzene rings is 1. The average Bonchev–Trinajstić information content (AvgIpc) is 2.78. The Bertz CT molecular complexity index is 1040. The van der Waals surface area contributed by atoms with Crippen molar-refractivity contribution in [2.45, 2.75) is 32.2 Å². The Morgan fingerprint density at radius 2 is 1.87 bits per heavy atom. The summed E-state index contributed by atoms with van der Waals surface area (Å²) < 4.78 is 0. The van der Waals surface area contributed by atoms with E-state index in [2.05, 4.69) is 42.5 Å². The zero-order chi connectivity index (χ0) is 21.5. The van der Waals surface area contributed by atoms with Crippen LogP contribution in [0.4, 0.5) is 11.6 Å². The van der Waals surface area contributed by atoms with Crippen molar-refractivity contribution in [1.82, 2.24) is 30.2 Å². The van der Waals surface area contributed by atoms with Gasteiger partial charge in [0.2, 0.25) is 11.9 Å². The summed E-state index contributed by atoms with van der Waals surface area (Å²) in [4.78, 5) is 32.1. The van der Waals surface area contributed by atoms with Gasteiger partial charge in [-0.25, -0.2) is 9.97 Å². The smallest absolute Gasteiger partial charge is 0.230 e. The lowest BCUT2D eigenvalue weighted by Crippen LogP contribution is -2.26. The second-order valence-corrected chi connectivity index (χ2v) is 7.78. The fourth-order valence-corrected chi connectivity index (χ4v) is 3.58. The van der Waals surface area contributed by atoms with E-state index in [1.54, 1.807) is 6.20 Å². The van der Waals surface area contributed by atoms with Crippen LogP contribution in [0, 0.1) is 0 Å². The molecule has 1 aromatic carbocycles. The molecule has 0 spiro atoms. The molecule has 31 heavy (non-hydrogen) atoms. The van der Waals surface area contributed by atoms with E-state index < -0.39 is 0 Å². The number of anilines is 2. The van der Waals surface area contributed by atoms with Gasteiger partial charge in [0, 0.05) is 36.1 Å². The standard InChI is InChI=1S/C23H27N7O/c1-30-11-3-7-19-14-18(9-10-24-19)22-26-16-27-23(29-22)28-20-6-2-5-17(13-20)15-25-21(31)8-4-12-30/h2,5-6,9-10,13-14,16H,3-4,7-8,11-12,15H2,1H3,(H,25,31)(H,26,27,28,29). The first kappa shape index (κ1) is 20.9. The van der Waals surface area contributed by atoms with Crippen molar-refractivity contribution in [2.75, 3.05) is 25.5 Å². The van der Waals surface area contributed by atoms with Gasteiger partial charge in [-0.3, -0.25) is 9.78 Å². The molecule has 8 nitrogen and oxygen atoms in total. The number of carbonyl (C=O) groups excluding carboxylic acids is 1. The Morgan fingerprint density at radius 1 is 1.00 bits per heavy atom. The molecule has 4 rings (SSSR count). The molecule has 2 N–H and O–H groups in total. The van der Waals surface area contributed by atoms with Gasteiger partial charge in [-0.15, -0.1) is 0 Å². The van der Waals surface area contributed by atoms with E-state index in [1.165, 1.54) is 6.33 Å². The number of rotatable bonds is 0. The van der Waals surface area contributed by atoms with Crippen LogP contribution in [-0.4, -0.2) is 50.9 Å². The maximum Gasteiger partial charge on any atom is 0.230 e. The van der Waals surface area contributed by atoms with Crippen LogP contribution in [0.1, 0.15) is 30.5 Å². The van der Waals surface area contributed by atoms with Crippen LogP contribution in [0.5, 0.6) is 0 Å². The molecular weight excluding hydrogens is 390 g/mol. The van der Waals surface area contributed by atoms with Crippen LogP contribution in [0.15, 0.2) is 48.9 Å². The van der Waals surface area contributed by atoms with Gasteiger partial charge in [-0.2, -0.15) is 4.98 Å². The molecule has 8 heteroatoms. The second-order valence-electron chi connectivity index (χ2n) is 7.78. The van der Waals surface area contributed by atoms with E-state index in [0.29, 0.717) is 24.7 Å². The predicted molar refractivity (Wildman–Crippen MR) is 120 cm³/mol. The first-order chi connectivity index (χ1) is 15.2. The van der Waals surface area contributed by atoms with E-state index >= 15 is 0 Å². The van der Waals surface area contributed by atoms with Gasteiger partial charge < -0.3 is 15.5 Å². The Balaban J connectivity index is 1.59. The molecule has 0 saturated carbocycles. The average molecular weight is 418 g/mol. The number of carbonyl (C=O) groups is 1. The summed E-state index contributed by atoms with van der Waals surface area (Å²) in [6.07, 6.45) is 6.56. The summed E-state index contributed by atoms with van der Waals surface area (Å²) in [5.74, 6) is 1.15. The number of aromatic nitrogens is 4. The van der Waals surface area contributed by atoms with Gasteiger partial charge in [0.25, 0.3) is 0 Å². The summed E-state index contributed by atoms with van der Waals surface area (Å²) in [6.45, 7) is 2.35. The van der Waals surface area contributed by atoms with Crippen molar-refractivity contribution in [3.63, 3.8) is 0 Å². The van der Waals surface area contributed by atoms with Gasteiger partial charge in [-0.05, 0) is 69.2 Å². The van der Waals surface area contributed by atoms with Crippen molar-refractivity contribution in [3.05, 3.63) is 60.2 Å². The minimum atomic E-state index is 0.0734. The Morgan fingerprint density at radius 3 is 2.77 bits per heavy atom. The van der Waals surface area contributed by atoms with E-state index in [9.17, 15) is 4.79 Å². The maximum absolute atomic E-state index is 12.2. The minimum absolute atomic E-state index is 0.0734. The van der Waals surface area contributed by atoms with Crippen molar-refractivity contribution < 1.29 is 4.79 Å². The van der Waals surface area contributed by atoms with Crippen LogP contribution < -0.4 is 10.6 Å². The summed E-state index contributed by atoms with van der Waals surface area (Å²) in [7, 11) is 2.10. The molecule has 3 aromatic rings. The normalized spacial score (nSPS) is 16.1. The Labute approximate surface area is 182 Å². The Hall–Kier alpha value is -3.39. The second kappa shape index (κ2) is 10.1. The molecule has 3 heterocycles. The molecule has 0 atom stereocenters. The summed E-state index contributed by atoms with van der Waals surface area (Å²) in [5.41, 5.74) is 3.81. The number of pyridine rings is 1. The van der Waals surface area contributed by atoms with Gasteiger partial charge >= 0.3 is 0 Å². The lowest BCUT2D eigenvalue weighted by molar-refractivity contribution is -0.121. The number of nitrogens with zero attached hydrogens (tertiary/aromatic N) is 5. The van der Waals surface area contributed by atoms with Crippen molar-refractivity contribution in [3.8, 4) is 11.4 Å². The Kier molecular flexibility index (Phi) is 6.78. The SMILES string of the molecule is CN1CCCC(=O)NCc2cccc(c2)Nc2ncnc(n2)-c2ccnc(c2)CCC1. The van der Waals surface area contributed by atoms with Crippen molar-refractivity contribution in [1.29, 1.82) is 0 Å². The highest BCUT2D eigenvalue weighted by atomic mass is 16.1. The number of nitrogens with one attached hydrogen (secondary N) is 2. The molecule has 0 fully saturated rings. The van der Waals surface area contributed by atoms with Crippen molar-refractivity contribution >= 4 is 17.5 Å². The zero-order valence-corrected chi connectivity index (χ0v) is 17.7. The third-order valence-electron chi connectivity index (χ3n) is 5.24. The monoisotopic (exact) mass is 417 g/mol. The van der Waals surface area contributed by atoms with Crippen LogP contribution in [-0.2, 0) is 17.8 Å². The number of amides is 1. The predicted octanol–water partition coefficient (Wildman–Crippen LogP) is 2.95. The number of hydrogen-bond acceptors (Lipinski definition) is 7. The molecule has 0 saturated heterocycles. The van der Waals surface area contributed by atoms with Gasteiger partial charge in [-0.1, -0.05) is 12.1 Å². The largest absolute Gasteiger partial charge is 0.352 e. The lowest BCUT2D eigenvalue weighted by atomic mass is 10.1. The quantitative estimate of drug-likeness (QED) is 0.580. The molecule has 6 bridgehead atoms. The summed E-state index contributed by atoms with van der Waals surface area (Å²) >= 11 is 0. The third kappa shape index (κ3) is 6.05. The minimum Gasteiger partial charge on any atom is -0.352 e. The van der Waals surface area contributed by atoms with Crippen LogP contribution in [0.2, 0.25) is 0 Å². The third-order valence-corrected chi connectivity index (χ3v) is 5.24. The highest BCUT2D eigenvalue weighted by Crippen LogP contribution is 2.19. The summed E-state index contributed by atoms with van der Waals surface area (Å²) in [6, 6.07) is 11.8. The molecule has 160 valence electrons. The van der Waals surface area contributed by atoms with Gasteiger partial charge in [0.1, 0.15) is 6.33 Å². The fourth-order valence-electron chi connectivity index (χ4n) is 3.58. The molecule has 0 unspecified atom stereocenters. The molecule has 1 aliphatic heterocycles. The molecule has 0 radical (unpaired) electrons. The first-order valence-corrected chi connectivity index (χ1v) is 10.6. The van der Waals surface area contributed by atoms with Crippen LogP contribution in [0.3, 0.4) is 0 Å². The van der Waals surface area contributed by atoms with Crippen LogP contribution >= 0.6 is 0 Å². The van der Waals surface area contributed by atoms with Gasteiger partial charge in [0.05, 0.1) is 0 Å². The van der Waals surface area contributed by atoms with E-state index in [0.717, 1.165) is 54.9 Å². The highest BCUT2D eigenvalue weighted by molar-refractivity contribution is 5.75. The van der Waals surface area contributed by atoms with Crippen molar-refractivity contribution in [2.24, 2.45) is 0 Å². The van der Waals surface area contributed by atoms with E-state index in [4.69, 9.17) is 0 Å². The lowest BCUT2D eigenvalue weighted by Gasteiger charge is -2.16. The number of fused-ring (bicyclic) bond motifs is 7. The maximum atomic E-state index is 12.2. The first-order valence-electron chi connectivity index (χ1n) is 10.6. The molecule has 1 amide bonds. The topological polar surface area (TPSA) is 95.9 Å². The molecule has 0 aliphatic carbocycles. The fraction of sp³-hybridized carbons (Fsp3) is 0.348. The molecule has 1 aliphatic rings. The van der Waals surface area contributed by atoms with Crippen LogP contribution in [0.25, 0.3) is 11.4 Å². The molecular formula is C23H27N7O. The number of hydrogen-bond donors (Lipinski definition) is 2. The summed E-state index contributed by atoms with van der Waals surface area (Å²) in [5, 5.41) is 6.24. The number of aryl methyl sites for hydroxylation is 1.